The van der Waals surface area contributed by atoms with Crippen LogP contribution in [-0.4, -0.2) is 32.8 Å². The van der Waals surface area contributed by atoms with Crippen molar-refractivity contribution in [1.82, 2.24) is 0 Å². The zero-order valence-electron chi connectivity index (χ0n) is 24.3. The van der Waals surface area contributed by atoms with E-state index >= 15 is 0 Å². The van der Waals surface area contributed by atoms with Gasteiger partial charge in [-0.05, 0) is 47.9 Å². The van der Waals surface area contributed by atoms with E-state index in [1.54, 1.807) is 6.08 Å². The van der Waals surface area contributed by atoms with Gasteiger partial charge in [0.1, 0.15) is 12.4 Å². The van der Waals surface area contributed by atoms with E-state index in [9.17, 15) is 9.59 Å². The summed E-state index contributed by atoms with van der Waals surface area (Å²) in [7, 11) is -2.08. The Kier molecular flexibility index (Phi) is 10.3. The Balaban J connectivity index is 2.16. The zero-order valence-corrected chi connectivity index (χ0v) is 25.3. The van der Waals surface area contributed by atoms with Crippen molar-refractivity contribution >= 4 is 20.6 Å². The van der Waals surface area contributed by atoms with Gasteiger partial charge in [-0.3, -0.25) is 0 Å². The third-order valence-corrected chi connectivity index (χ3v) is 13.3. The second kappa shape index (κ2) is 12.2. The number of rotatable bonds is 10. The molecular formula is C31H50O4Si. The summed E-state index contributed by atoms with van der Waals surface area (Å²) in [5.41, 5.74) is 1.19. The molecule has 0 aromatic heterocycles. The van der Waals surface area contributed by atoms with Crippen LogP contribution in [0.1, 0.15) is 80.2 Å². The van der Waals surface area contributed by atoms with E-state index in [-0.39, 0.29) is 46.4 Å². The van der Waals surface area contributed by atoms with Crippen molar-refractivity contribution in [3.05, 3.63) is 48.0 Å². The average Bonchev–Trinajstić information content (AvgIpc) is 2.80. The minimum atomic E-state index is -2.08. The quantitative estimate of drug-likeness (QED) is 0.139. The summed E-state index contributed by atoms with van der Waals surface area (Å²) in [6, 6.07) is 10.6. The van der Waals surface area contributed by atoms with Crippen molar-refractivity contribution in [1.29, 1.82) is 0 Å². The van der Waals surface area contributed by atoms with Crippen molar-refractivity contribution < 1.29 is 18.8 Å². The summed E-state index contributed by atoms with van der Waals surface area (Å²) in [5, 5.41) is 0.0362. The van der Waals surface area contributed by atoms with Crippen LogP contribution in [0, 0.1) is 23.7 Å². The van der Waals surface area contributed by atoms with Crippen molar-refractivity contribution in [3.8, 4) is 0 Å². The van der Waals surface area contributed by atoms with Crippen molar-refractivity contribution in [3.63, 3.8) is 0 Å². The van der Waals surface area contributed by atoms with Crippen LogP contribution in [0.2, 0.25) is 18.1 Å². The zero-order chi connectivity index (χ0) is 27.3. The molecule has 0 aliphatic heterocycles. The van der Waals surface area contributed by atoms with Gasteiger partial charge in [0.25, 0.3) is 0 Å². The highest BCUT2D eigenvalue weighted by Gasteiger charge is 2.43. The molecule has 1 unspecified atom stereocenters. The van der Waals surface area contributed by atoms with Crippen LogP contribution < -0.4 is 0 Å². The van der Waals surface area contributed by atoms with Gasteiger partial charge in [-0.25, -0.2) is 4.79 Å². The minimum absolute atomic E-state index is 0.0362. The van der Waals surface area contributed by atoms with Gasteiger partial charge in [-0.1, -0.05) is 98.2 Å². The van der Waals surface area contributed by atoms with E-state index in [0.717, 1.165) is 25.5 Å². The number of carbonyl (C=O) groups is 2. The second-order valence-corrected chi connectivity index (χ2v) is 17.9. The van der Waals surface area contributed by atoms with E-state index in [4.69, 9.17) is 9.16 Å². The lowest BCUT2D eigenvalue weighted by atomic mass is 9.64. The molecule has 0 spiro atoms. The van der Waals surface area contributed by atoms with Crippen LogP contribution in [0.3, 0.4) is 0 Å². The first-order chi connectivity index (χ1) is 16.6. The van der Waals surface area contributed by atoms with Crippen LogP contribution in [-0.2, 0) is 24.2 Å². The van der Waals surface area contributed by atoms with Gasteiger partial charge in [0.2, 0.25) is 0 Å². The van der Waals surface area contributed by atoms with Crippen molar-refractivity contribution in [2.24, 2.45) is 23.7 Å². The molecule has 1 saturated carbocycles. The molecule has 0 heterocycles. The maximum absolute atomic E-state index is 13.0. The van der Waals surface area contributed by atoms with Gasteiger partial charge in [0.05, 0.1) is 6.10 Å². The first-order valence-electron chi connectivity index (χ1n) is 13.7. The van der Waals surface area contributed by atoms with Gasteiger partial charge in [-0.15, -0.1) is 0 Å². The SMILES string of the molecule is C[C@@H]1CC[C@@H](C(C)(C)c2ccccc2)C(OC(=O)/C=C/[C@H](C)[C@H](O[Si](C)(C)C(C)(C)C)[C@H](C)C=O)C1. The third-order valence-electron chi connectivity index (χ3n) is 8.79. The molecule has 0 N–H and O–H groups in total. The van der Waals surface area contributed by atoms with Gasteiger partial charge >= 0.3 is 5.97 Å². The molecule has 0 saturated heterocycles. The van der Waals surface area contributed by atoms with E-state index in [1.165, 1.54) is 5.56 Å². The lowest BCUT2D eigenvalue weighted by molar-refractivity contribution is -0.150. The van der Waals surface area contributed by atoms with Crippen LogP contribution in [0.4, 0.5) is 0 Å². The van der Waals surface area contributed by atoms with E-state index in [1.807, 2.05) is 26.0 Å². The number of hydrogen-bond donors (Lipinski definition) is 0. The number of esters is 1. The van der Waals surface area contributed by atoms with Crippen LogP contribution in [0.5, 0.6) is 0 Å². The first kappa shape index (κ1) is 30.5. The Morgan fingerprint density at radius 2 is 1.64 bits per heavy atom. The molecule has 36 heavy (non-hydrogen) atoms. The van der Waals surface area contributed by atoms with Crippen LogP contribution >= 0.6 is 0 Å². The van der Waals surface area contributed by atoms with E-state index in [2.05, 4.69) is 78.9 Å². The molecule has 1 aromatic rings. The molecule has 5 heteroatoms. The van der Waals surface area contributed by atoms with Gasteiger partial charge < -0.3 is 14.0 Å². The Morgan fingerprint density at radius 3 is 2.19 bits per heavy atom. The first-order valence-corrected chi connectivity index (χ1v) is 16.6. The fourth-order valence-electron chi connectivity index (χ4n) is 5.18. The van der Waals surface area contributed by atoms with Gasteiger partial charge in [-0.2, -0.15) is 0 Å². The monoisotopic (exact) mass is 514 g/mol. The standard InChI is InChI=1S/C31H50O4Si/c1-22-16-18-26(31(7,8)25-14-12-11-13-15-25)27(20-22)34-28(33)19-17-23(2)29(24(3)21-32)35-36(9,10)30(4,5)6/h11-15,17,19,21-24,26-27,29H,16,18,20H2,1-10H3/b19-17+/t22-,23+,24-,26-,27?,29+/m1/s1. The predicted octanol–water partition coefficient (Wildman–Crippen LogP) is 7.73. The maximum atomic E-state index is 13.0. The summed E-state index contributed by atoms with van der Waals surface area (Å²) >= 11 is 0. The lowest BCUT2D eigenvalue weighted by Gasteiger charge is -2.43. The molecule has 0 radical (unpaired) electrons. The fourth-order valence-corrected chi connectivity index (χ4v) is 6.65. The lowest BCUT2D eigenvalue weighted by Crippen LogP contribution is -2.47. The highest BCUT2D eigenvalue weighted by atomic mass is 28.4. The van der Waals surface area contributed by atoms with Crippen LogP contribution in [0.25, 0.3) is 0 Å². The van der Waals surface area contributed by atoms with Gasteiger partial charge in [0.15, 0.2) is 8.32 Å². The highest BCUT2D eigenvalue weighted by molar-refractivity contribution is 6.74. The summed E-state index contributed by atoms with van der Waals surface area (Å²) in [5.74, 6) is 0.137. The fraction of sp³-hybridized carbons (Fsp3) is 0.677. The highest BCUT2D eigenvalue weighted by Crippen LogP contribution is 2.44. The molecule has 4 nitrogen and oxygen atoms in total. The molecule has 1 aliphatic rings. The van der Waals surface area contributed by atoms with E-state index < -0.39 is 8.32 Å². The minimum Gasteiger partial charge on any atom is -0.459 e. The predicted molar refractivity (Wildman–Crippen MR) is 151 cm³/mol. The number of hydrogen-bond acceptors (Lipinski definition) is 4. The number of aldehydes is 1. The number of benzene rings is 1. The molecule has 1 aliphatic carbocycles. The topological polar surface area (TPSA) is 52.6 Å². The number of ether oxygens (including phenoxy) is 1. The van der Waals surface area contributed by atoms with E-state index in [0.29, 0.717) is 5.92 Å². The Labute approximate surface area is 221 Å². The Morgan fingerprint density at radius 1 is 1.03 bits per heavy atom. The molecule has 202 valence electrons. The third kappa shape index (κ3) is 7.64. The average molecular weight is 515 g/mol. The largest absolute Gasteiger partial charge is 0.459 e. The van der Waals surface area contributed by atoms with Crippen molar-refractivity contribution in [2.45, 2.75) is 110 Å². The molecule has 1 fully saturated rings. The second-order valence-electron chi connectivity index (χ2n) is 13.1. The molecular weight excluding hydrogens is 464 g/mol. The molecule has 2 rings (SSSR count). The normalized spacial score (nSPS) is 24.2. The summed E-state index contributed by atoms with van der Waals surface area (Å²) in [4.78, 5) is 24.7. The smallest absolute Gasteiger partial charge is 0.330 e. The Bertz CT molecular complexity index is 884. The molecule has 0 amide bonds. The maximum Gasteiger partial charge on any atom is 0.330 e. The van der Waals surface area contributed by atoms with Crippen LogP contribution in [0.15, 0.2) is 42.5 Å². The molecule has 1 aromatic carbocycles. The summed E-state index contributed by atoms with van der Waals surface area (Å²) in [6.45, 7) is 21.7. The Hall–Kier alpha value is -1.72. The molecule has 6 atom stereocenters. The van der Waals surface area contributed by atoms with Gasteiger partial charge in [0, 0.05) is 23.8 Å². The van der Waals surface area contributed by atoms with Crippen molar-refractivity contribution in [2.75, 3.05) is 0 Å². The summed E-state index contributed by atoms with van der Waals surface area (Å²) < 4.78 is 12.8. The summed E-state index contributed by atoms with van der Waals surface area (Å²) in [6.07, 6.45) is 7.06. The number of carbonyl (C=O) groups excluding carboxylic acids is 2. The molecule has 0 bridgehead atoms.